The highest BCUT2D eigenvalue weighted by atomic mass is 16.5. The van der Waals surface area contributed by atoms with Crippen molar-refractivity contribution in [3.63, 3.8) is 0 Å². The van der Waals surface area contributed by atoms with E-state index in [2.05, 4.69) is 27.2 Å². The second-order valence-corrected chi connectivity index (χ2v) is 10.1. The van der Waals surface area contributed by atoms with E-state index in [4.69, 9.17) is 4.74 Å². The second-order valence-electron chi connectivity index (χ2n) is 10.1. The average molecular weight is 443 g/mol. The van der Waals surface area contributed by atoms with Gasteiger partial charge in [-0.05, 0) is 49.9 Å². The highest BCUT2D eigenvalue weighted by Gasteiger charge is 2.38. The zero-order chi connectivity index (χ0) is 22.4. The summed E-state index contributed by atoms with van der Waals surface area (Å²) in [5, 5.41) is 4.01. The van der Waals surface area contributed by atoms with Crippen LogP contribution in [0.4, 0.5) is 5.69 Å². The summed E-state index contributed by atoms with van der Waals surface area (Å²) in [7, 11) is 3.60. The van der Waals surface area contributed by atoms with Crippen molar-refractivity contribution in [3.8, 4) is 0 Å². The van der Waals surface area contributed by atoms with Crippen molar-refractivity contribution in [3.05, 3.63) is 29.8 Å². The van der Waals surface area contributed by atoms with Crippen LogP contribution in [0, 0.1) is 0 Å². The molecule has 1 aliphatic carbocycles. The first kappa shape index (κ1) is 23.5. The normalized spacial score (nSPS) is 23.0. The number of carbonyl (C=O) groups is 1. The van der Waals surface area contributed by atoms with Gasteiger partial charge in [0.15, 0.2) is 0 Å². The van der Waals surface area contributed by atoms with Crippen LogP contribution in [-0.2, 0) is 4.74 Å². The third-order valence-corrected chi connectivity index (χ3v) is 7.82. The lowest BCUT2D eigenvalue weighted by Gasteiger charge is -2.47. The molecule has 6 heteroatoms. The Hall–Kier alpha value is -1.63. The highest BCUT2D eigenvalue weighted by Crippen LogP contribution is 2.33. The number of nitrogens with one attached hydrogen (secondary N) is 1. The number of hydrogen-bond acceptors (Lipinski definition) is 5. The Bertz CT molecular complexity index is 714. The molecule has 2 aliphatic heterocycles. The van der Waals surface area contributed by atoms with Crippen LogP contribution in [0.5, 0.6) is 0 Å². The molecular formula is C26H42N4O2. The largest absolute Gasteiger partial charge is 0.379 e. The third kappa shape index (κ3) is 5.64. The molecule has 2 heterocycles. The van der Waals surface area contributed by atoms with Crippen molar-refractivity contribution in [2.45, 2.75) is 62.9 Å². The van der Waals surface area contributed by atoms with Gasteiger partial charge in [-0.2, -0.15) is 0 Å². The maximum Gasteiger partial charge on any atom is 0.253 e. The van der Waals surface area contributed by atoms with E-state index >= 15 is 0 Å². The van der Waals surface area contributed by atoms with Crippen molar-refractivity contribution in [1.29, 1.82) is 0 Å². The number of rotatable bonds is 6. The predicted octanol–water partition coefficient (Wildman–Crippen LogP) is 3.37. The third-order valence-electron chi connectivity index (χ3n) is 7.82. The summed E-state index contributed by atoms with van der Waals surface area (Å²) in [5.41, 5.74) is 2.31. The molecule has 0 bridgehead atoms. The number of piperidine rings is 1. The molecule has 1 N–H and O–H groups in total. The number of carbonyl (C=O) groups excluding carboxylic acids is 1. The van der Waals surface area contributed by atoms with Crippen molar-refractivity contribution >= 4 is 11.6 Å². The van der Waals surface area contributed by atoms with Crippen LogP contribution in [0.1, 0.15) is 61.7 Å². The smallest absolute Gasteiger partial charge is 0.253 e. The van der Waals surface area contributed by atoms with Gasteiger partial charge in [0, 0.05) is 69.7 Å². The lowest BCUT2D eigenvalue weighted by molar-refractivity contribution is -0.0298. The van der Waals surface area contributed by atoms with E-state index in [1.54, 1.807) is 19.0 Å². The molecule has 3 fully saturated rings. The maximum atomic E-state index is 12.1. The number of benzene rings is 1. The molecule has 1 saturated carbocycles. The SMILES string of the molecule is CN(C)C(=O)c1ccc(N2CCC(NCC3(N4CCOCC4)CCCCCC3)CC2)cc1. The molecule has 6 nitrogen and oxygen atoms in total. The highest BCUT2D eigenvalue weighted by molar-refractivity contribution is 5.94. The van der Waals surface area contributed by atoms with Gasteiger partial charge in [0.25, 0.3) is 5.91 Å². The Balaban J connectivity index is 1.30. The minimum atomic E-state index is 0.0622. The van der Waals surface area contributed by atoms with Crippen LogP contribution < -0.4 is 10.2 Å². The Morgan fingerprint density at radius 1 is 1.00 bits per heavy atom. The number of ether oxygens (including phenoxy) is 1. The molecular weight excluding hydrogens is 400 g/mol. The molecule has 4 rings (SSSR count). The minimum Gasteiger partial charge on any atom is -0.379 e. The van der Waals surface area contributed by atoms with E-state index in [0.717, 1.165) is 51.5 Å². The van der Waals surface area contributed by atoms with E-state index in [0.29, 0.717) is 11.6 Å². The van der Waals surface area contributed by atoms with Crippen LogP contribution >= 0.6 is 0 Å². The number of amides is 1. The lowest BCUT2D eigenvalue weighted by Crippen LogP contribution is -2.59. The second kappa shape index (κ2) is 11.0. The number of anilines is 1. The van der Waals surface area contributed by atoms with Gasteiger partial charge in [-0.25, -0.2) is 0 Å². The molecule has 178 valence electrons. The molecule has 0 radical (unpaired) electrons. The summed E-state index contributed by atoms with van der Waals surface area (Å²) >= 11 is 0. The topological polar surface area (TPSA) is 48.1 Å². The first-order valence-electron chi connectivity index (χ1n) is 12.7. The molecule has 0 atom stereocenters. The lowest BCUT2D eigenvalue weighted by atomic mass is 9.86. The molecule has 1 aromatic carbocycles. The zero-order valence-electron chi connectivity index (χ0n) is 20.2. The van der Waals surface area contributed by atoms with E-state index in [1.807, 2.05) is 12.1 Å². The summed E-state index contributed by atoms with van der Waals surface area (Å²) in [6, 6.07) is 8.72. The Morgan fingerprint density at radius 3 is 2.22 bits per heavy atom. The van der Waals surface area contributed by atoms with Crippen molar-refractivity contribution in [2.75, 3.05) is 64.9 Å². The van der Waals surface area contributed by atoms with Crippen LogP contribution in [0.15, 0.2) is 24.3 Å². The molecule has 0 spiro atoms. The summed E-state index contributed by atoms with van der Waals surface area (Å²) in [6.45, 7) is 7.22. The monoisotopic (exact) mass is 442 g/mol. The molecule has 0 aromatic heterocycles. The van der Waals surface area contributed by atoms with Crippen molar-refractivity contribution < 1.29 is 9.53 Å². The van der Waals surface area contributed by atoms with Gasteiger partial charge in [-0.15, -0.1) is 0 Å². The quantitative estimate of drug-likeness (QED) is 0.685. The zero-order valence-corrected chi connectivity index (χ0v) is 20.2. The average Bonchev–Trinajstić information content (AvgIpc) is 3.10. The van der Waals surface area contributed by atoms with Gasteiger partial charge in [0.05, 0.1) is 13.2 Å². The first-order valence-corrected chi connectivity index (χ1v) is 12.7. The Morgan fingerprint density at radius 2 is 1.62 bits per heavy atom. The van der Waals surface area contributed by atoms with Crippen molar-refractivity contribution in [1.82, 2.24) is 15.1 Å². The van der Waals surface area contributed by atoms with Gasteiger partial charge in [-0.1, -0.05) is 25.7 Å². The van der Waals surface area contributed by atoms with E-state index in [1.165, 1.54) is 57.1 Å². The number of nitrogens with zero attached hydrogens (tertiary/aromatic N) is 3. The molecule has 0 unspecified atom stereocenters. The summed E-state index contributed by atoms with van der Waals surface area (Å²) in [4.78, 5) is 19.0. The van der Waals surface area contributed by atoms with Gasteiger partial charge < -0.3 is 19.9 Å². The first-order chi connectivity index (χ1) is 15.6. The molecule has 1 aromatic rings. The van der Waals surface area contributed by atoms with Gasteiger partial charge in [-0.3, -0.25) is 9.69 Å². The van der Waals surface area contributed by atoms with E-state index in [9.17, 15) is 4.79 Å². The molecule has 3 aliphatic rings. The Labute approximate surface area is 194 Å². The predicted molar refractivity (Wildman–Crippen MR) is 131 cm³/mol. The van der Waals surface area contributed by atoms with E-state index in [-0.39, 0.29) is 5.91 Å². The van der Waals surface area contributed by atoms with E-state index < -0.39 is 0 Å². The summed E-state index contributed by atoms with van der Waals surface area (Å²) in [6.07, 6.45) is 10.5. The Kier molecular flexibility index (Phi) is 8.08. The fraction of sp³-hybridized carbons (Fsp3) is 0.731. The van der Waals surface area contributed by atoms with Gasteiger partial charge in [0.1, 0.15) is 0 Å². The summed E-state index contributed by atoms with van der Waals surface area (Å²) in [5.74, 6) is 0.0622. The van der Waals surface area contributed by atoms with Gasteiger partial charge >= 0.3 is 0 Å². The van der Waals surface area contributed by atoms with Crippen molar-refractivity contribution in [2.24, 2.45) is 0 Å². The minimum absolute atomic E-state index is 0.0622. The fourth-order valence-electron chi connectivity index (χ4n) is 5.78. The summed E-state index contributed by atoms with van der Waals surface area (Å²) < 4.78 is 5.66. The van der Waals surface area contributed by atoms with Gasteiger partial charge in [0.2, 0.25) is 0 Å². The standard InChI is InChI=1S/C26H42N4O2/c1-28(2)25(31)22-7-9-24(10-8-22)29-15-11-23(12-16-29)27-21-26(13-5-3-4-6-14-26)30-17-19-32-20-18-30/h7-10,23,27H,3-6,11-21H2,1-2H3. The van der Waals surface area contributed by atoms with Crippen LogP contribution in [0.2, 0.25) is 0 Å². The molecule has 1 amide bonds. The maximum absolute atomic E-state index is 12.1. The molecule has 2 saturated heterocycles. The van der Waals surface area contributed by atoms with Crippen LogP contribution in [0.3, 0.4) is 0 Å². The fourth-order valence-corrected chi connectivity index (χ4v) is 5.78. The number of hydrogen-bond donors (Lipinski definition) is 1. The molecule has 32 heavy (non-hydrogen) atoms. The van der Waals surface area contributed by atoms with Crippen LogP contribution in [0.25, 0.3) is 0 Å². The van der Waals surface area contributed by atoms with Crippen LogP contribution in [-0.4, -0.2) is 87.3 Å². The number of morpholine rings is 1.